The molecular weight excluding hydrogens is 660 g/mol. The van der Waals surface area contributed by atoms with E-state index in [2.05, 4.69) is 6.58 Å². The number of fused-ring (bicyclic) bond motifs is 3. The Morgan fingerprint density at radius 1 is 0.725 bits per heavy atom. The normalized spacial score (nSPS) is 31.3. The summed E-state index contributed by atoms with van der Waals surface area (Å²) in [5.41, 5.74) is -0.275. The number of hydrogen-bond acceptors (Lipinski definition) is 12. The number of rotatable bonds is 8. The monoisotopic (exact) mass is 708 g/mol. The van der Waals surface area contributed by atoms with Crippen LogP contribution in [0.25, 0.3) is 6.08 Å². The summed E-state index contributed by atoms with van der Waals surface area (Å²) in [4.78, 5) is 77.4. The zero-order chi connectivity index (χ0) is 38.0. The largest absolute Gasteiger partial charge is 0.462 e. The Hall–Kier alpha value is -4.74. The van der Waals surface area contributed by atoms with Gasteiger partial charge in [0.2, 0.25) is 0 Å². The minimum atomic E-state index is -1.48. The fourth-order valence-electron chi connectivity index (χ4n) is 8.51. The van der Waals surface area contributed by atoms with Gasteiger partial charge in [-0.3, -0.25) is 24.0 Å². The Kier molecular flexibility index (Phi) is 11.7. The van der Waals surface area contributed by atoms with E-state index in [1.54, 1.807) is 19.9 Å². The van der Waals surface area contributed by atoms with Gasteiger partial charge in [-0.15, -0.1) is 0 Å². The van der Waals surface area contributed by atoms with Crippen LogP contribution in [-0.4, -0.2) is 72.4 Å². The molecule has 0 spiro atoms. The Balaban J connectivity index is 2.04. The van der Waals surface area contributed by atoms with E-state index in [4.69, 9.17) is 28.4 Å². The average molecular weight is 709 g/mol. The number of carbonyl (C=O) groups is 6. The minimum Gasteiger partial charge on any atom is -0.462 e. The van der Waals surface area contributed by atoms with Crippen molar-refractivity contribution >= 4 is 41.9 Å². The van der Waals surface area contributed by atoms with Crippen LogP contribution in [0, 0.1) is 22.7 Å². The maximum atomic E-state index is 13.3. The van der Waals surface area contributed by atoms with Crippen molar-refractivity contribution in [3.63, 3.8) is 0 Å². The third-order valence-electron chi connectivity index (χ3n) is 10.5. The summed E-state index contributed by atoms with van der Waals surface area (Å²) in [6.07, 6.45) is -3.70. The summed E-state index contributed by atoms with van der Waals surface area (Å²) in [6.45, 7) is 17.7. The van der Waals surface area contributed by atoms with Crippen LogP contribution in [-0.2, 0) is 57.2 Å². The summed E-state index contributed by atoms with van der Waals surface area (Å²) in [7, 11) is 0. The maximum absolute atomic E-state index is 13.3. The number of esters is 6. The van der Waals surface area contributed by atoms with Crippen LogP contribution >= 0.6 is 0 Å². The predicted molar refractivity (Wildman–Crippen MR) is 183 cm³/mol. The molecule has 51 heavy (non-hydrogen) atoms. The molecule has 3 aliphatic rings. The van der Waals surface area contributed by atoms with E-state index in [-0.39, 0.29) is 12.8 Å². The van der Waals surface area contributed by atoms with Crippen molar-refractivity contribution in [3.8, 4) is 0 Å². The number of carbonyl (C=O) groups excluding carboxylic acids is 6. The molecule has 0 radical (unpaired) electrons. The highest BCUT2D eigenvalue weighted by Crippen LogP contribution is 2.61. The van der Waals surface area contributed by atoms with Crippen LogP contribution in [0.1, 0.15) is 80.7 Å². The van der Waals surface area contributed by atoms with Crippen molar-refractivity contribution in [3.05, 3.63) is 65.3 Å². The number of hydrogen-bond donors (Lipinski definition) is 0. The highest BCUT2D eigenvalue weighted by atomic mass is 16.6. The molecule has 5 unspecified atom stereocenters. The van der Waals surface area contributed by atoms with Gasteiger partial charge in [-0.05, 0) is 47.1 Å². The molecule has 12 heteroatoms. The molecular formula is C39H48O12. The molecule has 12 nitrogen and oxygen atoms in total. The second-order valence-corrected chi connectivity index (χ2v) is 14.3. The number of ether oxygens (including phenoxy) is 6. The summed E-state index contributed by atoms with van der Waals surface area (Å²) < 4.78 is 36.2. The molecule has 0 amide bonds. The number of benzene rings is 1. The quantitative estimate of drug-likeness (QED) is 0.150. The first-order valence-corrected chi connectivity index (χ1v) is 17.0. The molecule has 0 aliphatic heterocycles. The van der Waals surface area contributed by atoms with Gasteiger partial charge < -0.3 is 28.4 Å². The molecule has 0 saturated heterocycles. The lowest BCUT2D eigenvalue weighted by Gasteiger charge is -2.61. The zero-order valence-electron chi connectivity index (χ0n) is 30.7. The van der Waals surface area contributed by atoms with Crippen molar-refractivity contribution < 1.29 is 57.2 Å². The molecule has 9 atom stereocenters. The summed E-state index contributed by atoms with van der Waals surface area (Å²) >= 11 is 0. The lowest BCUT2D eigenvalue weighted by Crippen LogP contribution is -2.68. The molecule has 4 rings (SSSR count). The first-order valence-electron chi connectivity index (χ1n) is 17.0. The second-order valence-electron chi connectivity index (χ2n) is 14.3. The first kappa shape index (κ1) is 39.1. The fourth-order valence-corrected chi connectivity index (χ4v) is 8.51. The highest BCUT2D eigenvalue weighted by Gasteiger charge is 2.68. The van der Waals surface area contributed by atoms with E-state index in [0.717, 1.165) is 5.56 Å². The second kappa shape index (κ2) is 15.2. The van der Waals surface area contributed by atoms with Crippen molar-refractivity contribution in [2.24, 2.45) is 22.7 Å². The molecule has 2 saturated carbocycles. The summed E-state index contributed by atoms with van der Waals surface area (Å²) in [5, 5.41) is 0. The lowest BCUT2D eigenvalue weighted by atomic mass is 9.48. The fraction of sp³-hybridized carbons (Fsp3) is 0.538. The molecule has 1 aromatic carbocycles. The summed E-state index contributed by atoms with van der Waals surface area (Å²) in [6, 6.07) is 9.20. The van der Waals surface area contributed by atoms with E-state index < -0.39 is 95.1 Å². The van der Waals surface area contributed by atoms with Crippen molar-refractivity contribution in [1.29, 1.82) is 0 Å². The predicted octanol–water partition coefficient (Wildman–Crippen LogP) is 5.23. The van der Waals surface area contributed by atoms with Crippen molar-refractivity contribution in [2.45, 2.75) is 112 Å². The van der Waals surface area contributed by atoms with E-state index in [1.165, 1.54) is 40.7 Å². The summed E-state index contributed by atoms with van der Waals surface area (Å²) in [5.74, 6) is -5.65. The van der Waals surface area contributed by atoms with Crippen LogP contribution in [0.15, 0.2) is 59.7 Å². The maximum Gasteiger partial charge on any atom is 0.331 e. The van der Waals surface area contributed by atoms with Gasteiger partial charge >= 0.3 is 35.8 Å². The molecule has 0 N–H and O–H groups in total. The molecule has 276 valence electrons. The van der Waals surface area contributed by atoms with Gasteiger partial charge in [0.15, 0.2) is 12.2 Å². The van der Waals surface area contributed by atoms with Gasteiger partial charge in [0.25, 0.3) is 0 Å². The average Bonchev–Trinajstić information content (AvgIpc) is 3.01. The Morgan fingerprint density at radius 2 is 1.29 bits per heavy atom. The van der Waals surface area contributed by atoms with Crippen LogP contribution in [0.5, 0.6) is 0 Å². The lowest BCUT2D eigenvalue weighted by molar-refractivity contribution is -0.230. The molecule has 2 bridgehead atoms. The van der Waals surface area contributed by atoms with E-state index in [0.29, 0.717) is 16.7 Å². The van der Waals surface area contributed by atoms with Crippen molar-refractivity contribution in [1.82, 2.24) is 0 Å². The van der Waals surface area contributed by atoms with Gasteiger partial charge in [0.1, 0.15) is 24.4 Å². The molecule has 2 fully saturated rings. The van der Waals surface area contributed by atoms with Gasteiger partial charge in [-0.25, -0.2) is 4.79 Å². The van der Waals surface area contributed by atoms with E-state index >= 15 is 0 Å². The molecule has 0 heterocycles. The van der Waals surface area contributed by atoms with Crippen LogP contribution in [0.2, 0.25) is 0 Å². The molecule has 0 aromatic heterocycles. The smallest absolute Gasteiger partial charge is 0.331 e. The SMILES string of the molecule is C=C1C2[C@@H](OC(C)=O)C3C[C@@H](OC(=O)/C=C/c4ccccc4)C(C)=C(C(OC(C)=O)[C@@H](OC(C)=O)C2(C)C(OC(C)=O)C[C@H]1OC(C)=O)C3(C)C. The zero-order valence-corrected chi connectivity index (χ0v) is 30.7. The van der Waals surface area contributed by atoms with Crippen LogP contribution in [0.3, 0.4) is 0 Å². The molecule has 1 aromatic rings. The van der Waals surface area contributed by atoms with Gasteiger partial charge in [0.05, 0.1) is 5.41 Å². The van der Waals surface area contributed by atoms with Gasteiger partial charge in [-0.1, -0.05) is 57.7 Å². The van der Waals surface area contributed by atoms with Gasteiger partial charge in [-0.2, -0.15) is 0 Å². The van der Waals surface area contributed by atoms with Gasteiger partial charge in [0, 0.05) is 59.0 Å². The Morgan fingerprint density at radius 3 is 1.84 bits per heavy atom. The highest BCUT2D eigenvalue weighted by molar-refractivity contribution is 5.87. The van der Waals surface area contributed by atoms with Crippen LogP contribution < -0.4 is 0 Å². The topological polar surface area (TPSA) is 158 Å². The van der Waals surface area contributed by atoms with Crippen molar-refractivity contribution in [2.75, 3.05) is 0 Å². The van der Waals surface area contributed by atoms with E-state index in [9.17, 15) is 28.8 Å². The third-order valence-corrected chi connectivity index (χ3v) is 10.5. The minimum absolute atomic E-state index is 0.0670. The molecule has 3 aliphatic carbocycles. The Labute approximate surface area is 298 Å². The first-order chi connectivity index (χ1) is 23.8. The Bertz CT molecular complexity index is 1640. The van der Waals surface area contributed by atoms with Crippen LogP contribution in [0.4, 0.5) is 0 Å². The standard InChI is InChI=1S/C39H48O12/c1-20-29(51-32(45)17-16-27-14-12-11-13-15-27)18-28-35(48-24(5)42)34-21(2)30(46-22(3)40)19-31(47-23(4)41)39(34,10)37(50-26(7)44)36(49-25(6)43)33(20)38(28,8)9/h11-17,28-31,34-37H,2,18-19H2,1,3-10H3/b17-16+/t28?,29-,30-,31?,34?,35+,36?,37-,39?/m1/s1. The third kappa shape index (κ3) is 8.10. The van der Waals surface area contributed by atoms with E-state index in [1.807, 2.05) is 44.2 Å².